The van der Waals surface area contributed by atoms with Crippen molar-refractivity contribution in [1.29, 1.82) is 0 Å². The normalized spacial score (nSPS) is 13.1. The van der Waals surface area contributed by atoms with Crippen LogP contribution in [0.1, 0.15) is 25.0 Å². The van der Waals surface area contributed by atoms with E-state index in [1.54, 1.807) is 7.11 Å². The Morgan fingerprint density at radius 1 is 1.45 bits per heavy atom. The molecule has 0 amide bonds. The molecule has 0 aliphatic rings. The molecular formula is C15H22ClN3O. The van der Waals surface area contributed by atoms with E-state index in [1.807, 2.05) is 19.1 Å². The number of aromatic nitrogens is 2. The first-order valence-corrected chi connectivity index (χ1v) is 7.37. The van der Waals surface area contributed by atoms with Crippen LogP contribution in [0.3, 0.4) is 0 Å². The molecule has 110 valence electrons. The van der Waals surface area contributed by atoms with Crippen molar-refractivity contribution in [3.63, 3.8) is 0 Å². The average Bonchev–Trinajstić information content (AvgIpc) is 2.82. The van der Waals surface area contributed by atoms with Gasteiger partial charge in [-0.3, -0.25) is 0 Å². The molecule has 0 spiro atoms. The molecule has 5 heteroatoms. The van der Waals surface area contributed by atoms with Gasteiger partial charge in [-0.05, 0) is 32.6 Å². The molecule has 0 saturated heterocycles. The summed E-state index contributed by atoms with van der Waals surface area (Å²) in [5.74, 6) is 1.74. The van der Waals surface area contributed by atoms with E-state index in [-0.39, 0.29) is 5.38 Å². The van der Waals surface area contributed by atoms with Crippen LogP contribution >= 0.6 is 11.6 Å². The molecule has 20 heavy (non-hydrogen) atoms. The monoisotopic (exact) mass is 295 g/mol. The molecule has 1 aromatic carbocycles. The third kappa shape index (κ3) is 3.07. The zero-order valence-electron chi connectivity index (χ0n) is 12.6. The number of alkyl halides is 1. The minimum Gasteiger partial charge on any atom is -0.497 e. The smallest absolute Gasteiger partial charge is 0.127 e. The van der Waals surface area contributed by atoms with Gasteiger partial charge in [-0.25, -0.2) is 4.98 Å². The molecule has 0 N–H and O–H groups in total. The van der Waals surface area contributed by atoms with E-state index < -0.39 is 0 Å². The summed E-state index contributed by atoms with van der Waals surface area (Å²) >= 11 is 6.27. The number of hydrogen-bond acceptors (Lipinski definition) is 3. The maximum atomic E-state index is 6.27. The van der Waals surface area contributed by atoms with Crippen LogP contribution < -0.4 is 4.74 Å². The fourth-order valence-corrected chi connectivity index (χ4v) is 2.39. The van der Waals surface area contributed by atoms with Crippen LogP contribution in [-0.2, 0) is 6.54 Å². The lowest BCUT2D eigenvalue weighted by Gasteiger charge is -2.16. The molecular weight excluding hydrogens is 274 g/mol. The highest BCUT2D eigenvalue weighted by Crippen LogP contribution is 2.27. The van der Waals surface area contributed by atoms with Gasteiger partial charge in [0.1, 0.15) is 11.6 Å². The van der Waals surface area contributed by atoms with Crippen molar-refractivity contribution in [2.45, 2.75) is 25.8 Å². The maximum Gasteiger partial charge on any atom is 0.127 e. The second-order valence-electron chi connectivity index (χ2n) is 4.99. The van der Waals surface area contributed by atoms with E-state index in [1.165, 1.54) is 0 Å². The first kappa shape index (κ1) is 15.1. The van der Waals surface area contributed by atoms with Crippen molar-refractivity contribution in [2.75, 3.05) is 27.2 Å². The molecule has 0 bridgehead atoms. The van der Waals surface area contributed by atoms with Crippen molar-refractivity contribution >= 4 is 22.6 Å². The molecule has 1 aromatic heterocycles. The fourth-order valence-electron chi connectivity index (χ4n) is 2.22. The molecule has 2 rings (SSSR count). The third-order valence-corrected chi connectivity index (χ3v) is 3.78. The van der Waals surface area contributed by atoms with E-state index >= 15 is 0 Å². The predicted octanol–water partition coefficient (Wildman–Crippen LogP) is 3.30. The van der Waals surface area contributed by atoms with Crippen molar-refractivity contribution in [2.24, 2.45) is 0 Å². The number of benzene rings is 1. The minimum absolute atomic E-state index is 0.111. The number of methoxy groups -OCH3 is 1. The highest BCUT2D eigenvalue weighted by atomic mass is 35.5. The van der Waals surface area contributed by atoms with Crippen molar-refractivity contribution < 1.29 is 4.74 Å². The lowest BCUT2D eigenvalue weighted by atomic mass is 10.3. The first-order valence-electron chi connectivity index (χ1n) is 6.93. The Balaban J connectivity index is 2.40. The summed E-state index contributed by atoms with van der Waals surface area (Å²) in [6.45, 7) is 7.01. The van der Waals surface area contributed by atoms with Gasteiger partial charge in [-0.15, -0.1) is 11.6 Å². The second-order valence-corrected chi connectivity index (χ2v) is 5.64. The summed E-state index contributed by atoms with van der Waals surface area (Å²) in [6, 6.07) is 5.97. The van der Waals surface area contributed by atoms with Crippen molar-refractivity contribution in [3.05, 3.63) is 24.0 Å². The van der Waals surface area contributed by atoms with Gasteiger partial charge in [0.2, 0.25) is 0 Å². The average molecular weight is 296 g/mol. The Bertz CT molecular complexity index is 580. The summed E-state index contributed by atoms with van der Waals surface area (Å²) < 4.78 is 7.46. The largest absolute Gasteiger partial charge is 0.497 e. The van der Waals surface area contributed by atoms with Gasteiger partial charge in [0.25, 0.3) is 0 Å². The van der Waals surface area contributed by atoms with Gasteiger partial charge in [-0.1, -0.05) is 6.92 Å². The fraction of sp³-hybridized carbons (Fsp3) is 0.533. The lowest BCUT2D eigenvalue weighted by Crippen LogP contribution is -2.23. The Hall–Kier alpha value is -1.26. The SMILES string of the molecule is CCN(C)CCn1c(C(C)Cl)nc2cc(OC)ccc21. The highest BCUT2D eigenvalue weighted by Gasteiger charge is 2.15. The van der Waals surface area contributed by atoms with Crippen LogP contribution in [0.5, 0.6) is 5.75 Å². The molecule has 0 fully saturated rings. The standard InChI is InChI=1S/C15H22ClN3O/c1-5-18(3)8-9-19-14-7-6-12(20-4)10-13(14)17-15(19)11(2)16/h6-7,10-11H,5,8-9H2,1-4H3. The summed E-state index contributed by atoms with van der Waals surface area (Å²) in [4.78, 5) is 6.93. The molecule has 1 unspecified atom stereocenters. The maximum absolute atomic E-state index is 6.27. The summed E-state index contributed by atoms with van der Waals surface area (Å²) in [7, 11) is 3.78. The number of fused-ring (bicyclic) bond motifs is 1. The number of halogens is 1. The minimum atomic E-state index is -0.111. The second kappa shape index (κ2) is 6.46. The first-order chi connectivity index (χ1) is 9.56. The van der Waals surface area contributed by atoms with Crippen LogP contribution in [0.25, 0.3) is 11.0 Å². The van der Waals surface area contributed by atoms with Crippen LogP contribution in [0, 0.1) is 0 Å². The van der Waals surface area contributed by atoms with Gasteiger partial charge in [0.15, 0.2) is 0 Å². The van der Waals surface area contributed by atoms with E-state index in [4.69, 9.17) is 16.3 Å². The number of hydrogen-bond donors (Lipinski definition) is 0. The highest BCUT2D eigenvalue weighted by molar-refractivity contribution is 6.20. The van der Waals surface area contributed by atoms with Crippen LogP contribution in [0.4, 0.5) is 0 Å². The number of ether oxygens (including phenoxy) is 1. The zero-order valence-corrected chi connectivity index (χ0v) is 13.3. The zero-order chi connectivity index (χ0) is 14.7. The summed E-state index contributed by atoms with van der Waals surface area (Å²) in [6.07, 6.45) is 0. The third-order valence-electron chi connectivity index (χ3n) is 3.59. The van der Waals surface area contributed by atoms with Crippen molar-refractivity contribution in [1.82, 2.24) is 14.5 Å². The molecule has 0 saturated carbocycles. The van der Waals surface area contributed by atoms with Gasteiger partial charge < -0.3 is 14.2 Å². The predicted molar refractivity (Wildman–Crippen MR) is 83.7 cm³/mol. The molecule has 0 aliphatic heterocycles. The molecule has 0 aliphatic carbocycles. The van der Waals surface area contributed by atoms with Crippen molar-refractivity contribution in [3.8, 4) is 5.75 Å². The van der Waals surface area contributed by atoms with E-state index in [2.05, 4.69) is 34.5 Å². The van der Waals surface area contributed by atoms with E-state index in [0.717, 1.165) is 42.2 Å². The molecule has 1 heterocycles. The molecule has 4 nitrogen and oxygen atoms in total. The Morgan fingerprint density at radius 2 is 2.20 bits per heavy atom. The van der Waals surface area contributed by atoms with E-state index in [9.17, 15) is 0 Å². The van der Waals surface area contributed by atoms with E-state index in [0.29, 0.717) is 0 Å². The van der Waals surface area contributed by atoms with Gasteiger partial charge >= 0.3 is 0 Å². The number of nitrogens with zero attached hydrogens (tertiary/aromatic N) is 3. The Kier molecular flexibility index (Phi) is 4.89. The Morgan fingerprint density at radius 3 is 2.80 bits per heavy atom. The summed E-state index contributed by atoms with van der Waals surface area (Å²) in [5.41, 5.74) is 2.05. The van der Waals surface area contributed by atoms with Gasteiger partial charge in [0, 0.05) is 19.2 Å². The molecule has 0 radical (unpaired) electrons. The lowest BCUT2D eigenvalue weighted by molar-refractivity contribution is 0.335. The quantitative estimate of drug-likeness (QED) is 0.766. The van der Waals surface area contributed by atoms with Crippen LogP contribution in [0.15, 0.2) is 18.2 Å². The summed E-state index contributed by atoms with van der Waals surface area (Å²) in [5, 5.41) is -0.111. The molecule has 1 atom stereocenters. The molecule has 2 aromatic rings. The Labute approximate surface area is 125 Å². The number of rotatable bonds is 6. The van der Waals surface area contributed by atoms with Crippen LogP contribution in [0.2, 0.25) is 0 Å². The number of likely N-dealkylation sites (N-methyl/N-ethyl adjacent to an activating group) is 1. The van der Waals surface area contributed by atoms with Gasteiger partial charge in [-0.2, -0.15) is 0 Å². The topological polar surface area (TPSA) is 30.3 Å². The van der Waals surface area contributed by atoms with Gasteiger partial charge in [0.05, 0.1) is 23.5 Å². The number of imidazole rings is 1. The van der Waals surface area contributed by atoms with Crippen LogP contribution in [-0.4, -0.2) is 41.7 Å².